The van der Waals surface area contributed by atoms with E-state index in [1.54, 1.807) is 13.8 Å². The standard InChI is InChI=1S/C6H13NO3/c1-3-7(9)5-6(8)10-4-2/h3,6,8H,4-5H2,1-2H3. The van der Waals surface area contributed by atoms with Gasteiger partial charge in [-0.15, -0.1) is 0 Å². The summed E-state index contributed by atoms with van der Waals surface area (Å²) in [6, 6.07) is 0. The summed E-state index contributed by atoms with van der Waals surface area (Å²) in [4.78, 5) is 0. The summed E-state index contributed by atoms with van der Waals surface area (Å²) in [6.45, 7) is 3.75. The van der Waals surface area contributed by atoms with Crippen LogP contribution in [0.3, 0.4) is 0 Å². The number of aliphatic hydroxyl groups excluding tert-OH is 1. The van der Waals surface area contributed by atoms with Gasteiger partial charge in [0.15, 0.2) is 0 Å². The third-order valence-electron chi connectivity index (χ3n) is 0.983. The monoisotopic (exact) mass is 147 g/mol. The van der Waals surface area contributed by atoms with E-state index >= 15 is 0 Å². The van der Waals surface area contributed by atoms with Gasteiger partial charge in [0.05, 0.1) is 0 Å². The lowest BCUT2D eigenvalue weighted by atomic mass is 10.6. The smallest absolute Gasteiger partial charge is 0.216 e. The van der Waals surface area contributed by atoms with Crippen molar-refractivity contribution in [3.8, 4) is 0 Å². The van der Waals surface area contributed by atoms with Crippen LogP contribution in [0.2, 0.25) is 0 Å². The normalized spacial score (nSPS) is 15.3. The molecule has 0 heterocycles. The van der Waals surface area contributed by atoms with Crippen molar-refractivity contribution in [3.05, 3.63) is 5.21 Å². The zero-order chi connectivity index (χ0) is 7.98. The fourth-order valence-corrected chi connectivity index (χ4v) is 0.504. The maximum absolute atomic E-state index is 10.5. The summed E-state index contributed by atoms with van der Waals surface area (Å²) in [5, 5.41) is 19.4. The quantitative estimate of drug-likeness (QED) is 0.199. The van der Waals surface area contributed by atoms with E-state index in [1.165, 1.54) is 6.21 Å². The minimum absolute atomic E-state index is 0.0235. The molecule has 0 aliphatic heterocycles. The van der Waals surface area contributed by atoms with Crippen molar-refractivity contribution >= 4 is 6.21 Å². The lowest BCUT2D eigenvalue weighted by molar-refractivity contribution is -0.479. The molecule has 4 nitrogen and oxygen atoms in total. The zero-order valence-electron chi connectivity index (χ0n) is 6.28. The Morgan fingerprint density at radius 1 is 1.80 bits per heavy atom. The second kappa shape index (κ2) is 5.20. The highest BCUT2D eigenvalue weighted by Gasteiger charge is 2.05. The number of hydroxylamine groups is 1. The number of rotatable bonds is 4. The van der Waals surface area contributed by atoms with Gasteiger partial charge in [-0.05, 0) is 6.92 Å². The molecule has 0 fully saturated rings. The number of hydrogen-bond donors (Lipinski definition) is 1. The first-order valence-corrected chi connectivity index (χ1v) is 3.23. The van der Waals surface area contributed by atoms with Crippen LogP contribution in [0.1, 0.15) is 13.8 Å². The van der Waals surface area contributed by atoms with Crippen LogP contribution in [-0.2, 0) is 4.74 Å². The van der Waals surface area contributed by atoms with Gasteiger partial charge >= 0.3 is 0 Å². The van der Waals surface area contributed by atoms with Gasteiger partial charge in [0.25, 0.3) is 0 Å². The SMILES string of the molecule is CC=[N+]([O-])CC(O)OCC. The van der Waals surface area contributed by atoms with Crippen molar-refractivity contribution in [1.82, 2.24) is 0 Å². The first kappa shape index (κ1) is 9.39. The molecule has 10 heavy (non-hydrogen) atoms. The molecule has 0 rings (SSSR count). The molecule has 1 atom stereocenters. The van der Waals surface area contributed by atoms with Crippen molar-refractivity contribution in [2.75, 3.05) is 13.2 Å². The van der Waals surface area contributed by atoms with Gasteiger partial charge in [-0.2, -0.15) is 0 Å². The first-order valence-electron chi connectivity index (χ1n) is 3.23. The molecule has 0 aromatic heterocycles. The molecular formula is C6H13NO3. The summed E-state index contributed by atoms with van der Waals surface area (Å²) < 4.78 is 5.33. The molecule has 4 heteroatoms. The molecule has 1 N–H and O–H groups in total. The van der Waals surface area contributed by atoms with E-state index in [0.717, 1.165) is 0 Å². The van der Waals surface area contributed by atoms with Crippen molar-refractivity contribution < 1.29 is 14.6 Å². The number of aliphatic hydroxyl groups is 1. The predicted molar refractivity (Wildman–Crippen MR) is 37.9 cm³/mol. The Kier molecular flexibility index (Phi) is 4.88. The van der Waals surface area contributed by atoms with Crippen molar-refractivity contribution in [1.29, 1.82) is 0 Å². The van der Waals surface area contributed by atoms with Crippen LogP contribution < -0.4 is 0 Å². The molecule has 0 bridgehead atoms. The Hall–Kier alpha value is -0.610. The lowest BCUT2D eigenvalue weighted by Crippen LogP contribution is -2.23. The van der Waals surface area contributed by atoms with Gasteiger partial charge in [0, 0.05) is 13.5 Å². The average molecular weight is 147 g/mol. The summed E-state index contributed by atoms with van der Waals surface area (Å²) in [5.74, 6) is 0. The molecule has 0 aliphatic rings. The Labute approximate surface area is 60.3 Å². The third-order valence-corrected chi connectivity index (χ3v) is 0.983. The van der Waals surface area contributed by atoms with Crippen LogP contribution in [0.4, 0.5) is 0 Å². The molecule has 1 unspecified atom stereocenters. The zero-order valence-corrected chi connectivity index (χ0v) is 6.28. The summed E-state index contributed by atoms with van der Waals surface area (Å²) >= 11 is 0. The van der Waals surface area contributed by atoms with Gasteiger partial charge in [0.1, 0.15) is 6.21 Å². The largest absolute Gasteiger partial charge is 0.624 e. The van der Waals surface area contributed by atoms with Gasteiger partial charge in [-0.3, -0.25) is 0 Å². The summed E-state index contributed by atoms with van der Waals surface area (Å²) in [5.41, 5.74) is 0. The molecule has 60 valence electrons. The van der Waals surface area contributed by atoms with Crippen molar-refractivity contribution in [2.24, 2.45) is 0 Å². The van der Waals surface area contributed by atoms with E-state index in [9.17, 15) is 5.21 Å². The maximum atomic E-state index is 10.5. The predicted octanol–water partition coefficient (Wildman–Crippen LogP) is -0.0577. The maximum Gasteiger partial charge on any atom is 0.216 e. The van der Waals surface area contributed by atoms with Crippen LogP contribution in [-0.4, -0.2) is 35.5 Å². The summed E-state index contributed by atoms with van der Waals surface area (Å²) in [7, 11) is 0. The lowest BCUT2D eigenvalue weighted by Gasteiger charge is -2.09. The second-order valence-electron chi connectivity index (χ2n) is 1.77. The fraction of sp³-hybridized carbons (Fsp3) is 0.833. The van der Waals surface area contributed by atoms with Crippen LogP contribution in [0.25, 0.3) is 0 Å². The van der Waals surface area contributed by atoms with E-state index < -0.39 is 6.29 Å². The molecule has 0 aromatic carbocycles. The Morgan fingerprint density at radius 3 is 2.80 bits per heavy atom. The molecule has 0 aliphatic carbocycles. The summed E-state index contributed by atoms with van der Waals surface area (Å²) in [6.07, 6.45) is 0.362. The molecule has 0 spiro atoms. The average Bonchev–Trinajstić information content (AvgIpc) is 1.88. The fourth-order valence-electron chi connectivity index (χ4n) is 0.504. The van der Waals surface area contributed by atoms with Gasteiger partial charge in [-0.25, -0.2) is 4.74 Å². The highest BCUT2D eigenvalue weighted by Crippen LogP contribution is 1.85. The van der Waals surface area contributed by atoms with E-state index in [1.807, 2.05) is 0 Å². The van der Waals surface area contributed by atoms with Crippen LogP contribution in [0.5, 0.6) is 0 Å². The number of ether oxygens (including phenoxy) is 1. The van der Waals surface area contributed by atoms with Crippen LogP contribution in [0, 0.1) is 5.21 Å². The first-order chi connectivity index (χ1) is 4.70. The molecule has 0 aromatic rings. The van der Waals surface area contributed by atoms with E-state index in [0.29, 0.717) is 11.3 Å². The molecular weight excluding hydrogens is 134 g/mol. The highest BCUT2D eigenvalue weighted by atomic mass is 16.6. The molecule has 0 amide bonds. The van der Waals surface area contributed by atoms with Crippen molar-refractivity contribution in [3.63, 3.8) is 0 Å². The highest BCUT2D eigenvalue weighted by molar-refractivity contribution is 5.46. The van der Waals surface area contributed by atoms with E-state index in [4.69, 9.17) is 9.84 Å². The number of hydrogen-bond acceptors (Lipinski definition) is 3. The van der Waals surface area contributed by atoms with Gasteiger partial charge < -0.3 is 15.1 Å². The van der Waals surface area contributed by atoms with Crippen LogP contribution >= 0.6 is 0 Å². The minimum Gasteiger partial charge on any atom is -0.624 e. The van der Waals surface area contributed by atoms with E-state index in [-0.39, 0.29) is 6.54 Å². The minimum atomic E-state index is -0.973. The molecule has 0 saturated heterocycles. The van der Waals surface area contributed by atoms with Gasteiger partial charge in [-0.1, -0.05) is 0 Å². The van der Waals surface area contributed by atoms with Crippen molar-refractivity contribution in [2.45, 2.75) is 20.1 Å². The third kappa shape index (κ3) is 4.29. The van der Waals surface area contributed by atoms with Gasteiger partial charge in [0.2, 0.25) is 12.8 Å². The van der Waals surface area contributed by atoms with E-state index in [2.05, 4.69) is 0 Å². The Balaban J connectivity index is 3.47. The molecule has 0 radical (unpaired) electrons. The topological polar surface area (TPSA) is 55.5 Å². The van der Waals surface area contributed by atoms with Crippen LogP contribution in [0.15, 0.2) is 0 Å². The Morgan fingerprint density at radius 2 is 2.40 bits per heavy atom. The Bertz CT molecular complexity index is 114. The second-order valence-corrected chi connectivity index (χ2v) is 1.77. The molecule has 0 saturated carbocycles. The number of nitrogens with zero attached hydrogens (tertiary/aromatic N) is 1.